The van der Waals surface area contributed by atoms with E-state index in [-0.39, 0.29) is 22.6 Å². The maximum absolute atomic E-state index is 12.4. The van der Waals surface area contributed by atoms with Gasteiger partial charge in [0.2, 0.25) is 11.8 Å². The number of benzene rings is 4. The van der Waals surface area contributed by atoms with E-state index in [4.69, 9.17) is 11.6 Å². The summed E-state index contributed by atoms with van der Waals surface area (Å²) in [5, 5.41) is 7.11. The van der Waals surface area contributed by atoms with E-state index in [0.717, 1.165) is 71.0 Å². The molecule has 2 heterocycles. The number of hydrogen-bond donors (Lipinski definition) is 2. The third kappa shape index (κ3) is 10.7. The minimum absolute atomic E-state index is 0.00982. The summed E-state index contributed by atoms with van der Waals surface area (Å²) in [6, 6.07) is 21.0. The van der Waals surface area contributed by atoms with Crippen molar-refractivity contribution >= 4 is 62.1 Å². The predicted octanol–water partition coefficient (Wildman–Crippen LogP) is 11.9. The van der Waals surface area contributed by atoms with Gasteiger partial charge in [0, 0.05) is 71.3 Å². The Labute approximate surface area is 337 Å². The van der Waals surface area contributed by atoms with Gasteiger partial charge in [0.05, 0.1) is 0 Å². The van der Waals surface area contributed by atoms with Gasteiger partial charge >= 0.3 is 0 Å². The number of nitrogens with one attached hydrogen (secondary N) is 2. The van der Waals surface area contributed by atoms with Crippen molar-refractivity contribution in [3.63, 3.8) is 0 Å². The normalized spacial score (nSPS) is 13.6. The van der Waals surface area contributed by atoms with Crippen molar-refractivity contribution in [2.75, 3.05) is 33.5 Å². The monoisotopic (exact) mass is 812 g/mol. The molecule has 0 aliphatic carbocycles. The molecule has 0 radical (unpaired) electrons. The van der Waals surface area contributed by atoms with Gasteiger partial charge in [0.25, 0.3) is 0 Å². The van der Waals surface area contributed by atoms with Crippen LogP contribution in [-0.2, 0) is 35.5 Å². The summed E-state index contributed by atoms with van der Waals surface area (Å²) in [6.07, 6.45) is 3.08. The molecule has 0 aromatic heterocycles. The number of rotatable bonds is 8. The number of halogens is 2. The van der Waals surface area contributed by atoms with E-state index in [9.17, 15) is 9.59 Å². The highest BCUT2D eigenvalue weighted by atomic mass is 79.9. The standard InChI is InChI=1S/C23H29BrN2O.C23H29ClN2O/c1-15-12-20-19(16(2)22(15)25-21(27)13-23(3,4)5)10-11-26(20)14-17-6-8-18(24)9-7-17;1-15-11-20-19(16(2)22(15)25-21(27)13-23(3,4)5)9-10-26(20)14-17-7-6-8-18(24)12-17/h6-9,12H,10-11,13-14H2,1-5H3,(H,25,27);6-8,11-12H,9-10,13-14H2,1-5H3,(H,25,27). The molecule has 6 nitrogen and oxygen atoms in total. The van der Waals surface area contributed by atoms with Crippen LogP contribution < -0.4 is 20.4 Å². The van der Waals surface area contributed by atoms with Gasteiger partial charge in [-0.25, -0.2) is 0 Å². The first-order chi connectivity index (χ1) is 25.3. The number of anilines is 4. The van der Waals surface area contributed by atoms with Crippen LogP contribution in [0, 0.1) is 38.5 Å². The molecule has 0 fully saturated rings. The zero-order valence-corrected chi connectivity index (χ0v) is 36.2. The predicted molar refractivity (Wildman–Crippen MR) is 232 cm³/mol. The van der Waals surface area contributed by atoms with Crippen LogP contribution >= 0.6 is 27.5 Å². The summed E-state index contributed by atoms with van der Waals surface area (Å²) < 4.78 is 1.11. The van der Waals surface area contributed by atoms with E-state index in [0.29, 0.717) is 12.8 Å². The molecule has 8 heteroatoms. The van der Waals surface area contributed by atoms with Crippen molar-refractivity contribution in [2.24, 2.45) is 10.8 Å². The van der Waals surface area contributed by atoms with Crippen LogP contribution in [0.2, 0.25) is 5.02 Å². The number of amides is 2. The number of hydrogen-bond acceptors (Lipinski definition) is 4. The smallest absolute Gasteiger partial charge is 0.224 e. The maximum atomic E-state index is 12.4. The van der Waals surface area contributed by atoms with Crippen LogP contribution in [-0.4, -0.2) is 24.9 Å². The molecule has 2 amide bonds. The fraction of sp³-hybridized carbons (Fsp3) is 0.435. The van der Waals surface area contributed by atoms with Gasteiger partial charge < -0.3 is 20.4 Å². The zero-order chi connectivity index (χ0) is 39.5. The van der Waals surface area contributed by atoms with Crippen LogP contribution in [0.1, 0.15) is 98.9 Å². The number of carbonyl (C=O) groups excluding carboxylic acids is 2. The third-order valence-electron chi connectivity index (χ3n) is 10.2. The summed E-state index contributed by atoms with van der Waals surface area (Å²) in [5.74, 6) is 0.181. The quantitative estimate of drug-likeness (QED) is 0.186. The molecular weight excluding hydrogens is 756 g/mol. The molecule has 6 rings (SSSR count). The van der Waals surface area contributed by atoms with Gasteiger partial charge in [0.15, 0.2) is 0 Å². The first-order valence-corrected chi connectivity index (χ1v) is 20.3. The Morgan fingerprint density at radius 3 is 1.54 bits per heavy atom. The Morgan fingerprint density at radius 1 is 0.667 bits per heavy atom. The molecule has 54 heavy (non-hydrogen) atoms. The topological polar surface area (TPSA) is 64.7 Å². The average molecular weight is 814 g/mol. The maximum Gasteiger partial charge on any atom is 0.224 e. The summed E-state index contributed by atoms with van der Waals surface area (Å²) in [6.45, 7) is 24.7. The molecule has 0 bridgehead atoms. The molecule has 4 aromatic carbocycles. The minimum Gasteiger partial charge on any atom is -0.367 e. The van der Waals surface area contributed by atoms with Crippen LogP contribution in [0.3, 0.4) is 0 Å². The van der Waals surface area contributed by atoms with E-state index >= 15 is 0 Å². The second-order valence-corrected chi connectivity index (χ2v) is 18.9. The van der Waals surface area contributed by atoms with Crippen molar-refractivity contribution < 1.29 is 9.59 Å². The van der Waals surface area contributed by atoms with Gasteiger partial charge in [-0.15, -0.1) is 0 Å². The molecule has 0 atom stereocenters. The molecular formula is C46H58BrClN4O2. The van der Waals surface area contributed by atoms with Crippen molar-refractivity contribution in [2.45, 2.75) is 108 Å². The molecule has 288 valence electrons. The number of carbonyl (C=O) groups is 2. The van der Waals surface area contributed by atoms with Crippen molar-refractivity contribution in [1.29, 1.82) is 0 Å². The van der Waals surface area contributed by atoms with E-state index in [1.165, 1.54) is 44.8 Å². The summed E-state index contributed by atoms with van der Waals surface area (Å²) in [7, 11) is 0. The largest absolute Gasteiger partial charge is 0.367 e. The van der Waals surface area contributed by atoms with Gasteiger partial charge in [-0.1, -0.05) is 93.3 Å². The van der Waals surface area contributed by atoms with Crippen molar-refractivity contribution in [1.82, 2.24) is 0 Å². The Morgan fingerprint density at radius 2 is 1.11 bits per heavy atom. The SMILES string of the molecule is Cc1cc2c(c(C)c1NC(=O)CC(C)(C)C)CCN2Cc1ccc(Br)cc1.Cc1cc2c(c(C)c1NC(=O)CC(C)(C)C)CCN2Cc1cccc(Cl)c1. The second kappa shape index (κ2) is 16.9. The lowest BCUT2D eigenvalue weighted by Crippen LogP contribution is -2.21. The number of nitrogens with zero attached hydrogens (tertiary/aromatic N) is 2. The number of fused-ring (bicyclic) bond motifs is 2. The summed E-state index contributed by atoms with van der Waals surface area (Å²) in [4.78, 5) is 29.7. The molecule has 0 unspecified atom stereocenters. The first-order valence-electron chi connectivity index (χ1n) is 19.1. The lowest BCUT2D eigenvalue weighted by Gasteiger charge is -2.23. The molecule has 0 saturated carbocycles. The van der Waals surface area contributed by atoms with Crippen LogP contribution in [0.15, 0.2) is 65.1 Å². The van der Waals surface area contributed by atoms with Crippen LogP contribution in [0.5, 0.6) is 0 Å². The molecule has 2 aliphatic heterocycles. The zero-order valence-electron chi connectivity index (χ0n) is 33.9. The molecule has 0 saturated heterocycles. The van der Waals surface area contributed by atoms with Gasteiger partial charge in [-0.05, 0) is 132 Å². The van der Waals surface area contributed by atoms with Gasteiger partial charge in [-0.2, -0.15) is 0 Å². The lowest BCUT2D eigenvalue weighted by molar-refractivity contribution is -0.118. The second-order valence-electron chi connectivity index (χ2n) is 17.6. The molecule has 2 N–H and O–H groups in total. The highest BCUT2D eigenvalue weighted by molar-refractivity contribution is 9.10. The average Bonchev–Trinajstić information content (AvgIpc) is 3.64. The van der Waals surface area contributed by atoms with Crippen LogP contribution in [0.4, 0.5) is 22.7 Å². The summed E-state index contributed by atoms with van der Waals surface area (Å²) in [5.41, 5.74) is 14.4. The Kier molecular flexibility index (Phi) is 13.0. The fourth-order valence-electron chi connectivity index (χ4n) is 7.65. The Balaban J connectivity index is 0.000000208. The third-order valence-corrected chi connectivity index (χ3v) is 10.9. The fourth-order valence-corrected chi connectivity index (χ4v) is 8.12. The first kappa shape index (κ1) is 41.4. The van der Waals surface area contributed by atoms with E-state index in [1.807, 2.05) is 18.2 Å². The van der Waals surface area contributed by atoms with Gasteiger partial charge in [0.1, 0.15) is 0 Å². The Bertz CT molecular complexity index is 2010. The summed E-state index contributed by atoms with van der Waals surface area (Å²) >= 11 is 9.64. The highest BCUT2D eigenvalue weighted by Crippen LogP contribution is 2.40. The molecule has 2 aliphatic rings. The molecule has 4 aromatic rings. The lowest BCUT2D eigenvalue weighted by atomic mass is 9.91. The van der Waals surface area contributed by atoms with E-state index < -0.39 is 0 Å². The van der Waals surface area contributed by atoms with Crippen molar-refractivity contribution in [3.8, 4) is 0 Å². The van der Waals surface area contributed by atoms with E-state index in [2.05, 4.69) is 148 Å². The Hall–Kier alpha value is -3.81. The molecule has 0 spiro atoms. The van der Waals surface area contributed by atoms with E-state index in [1.54, 1.807) is 0 Å². The minimum atomic E-state index is -0.0175. The van der Waals surface area contributed by atoms with Gasteiger partial charge in [-0.3, -0.25) is 9.59 Å². The highest BCUT2D eigenvalue weighted by Gasteiger charge is 2.27. The number of aryl methyl sites for hydroxylation is 2. The van der Waals surface area contributed by atoms with Crippen LogP contribution in [0.25, 0.3) is 0 Å². The van der Waals surface area contributed by atoms with Crippen molar-refractivity contribution in [3.05, 3.63) is 115 Å².